The molecule has 0 saturated carbocycles. The monoisotopic (exact) mass is 399 g/mol. The minimum atomic E-state index is -0.729. The number of rotatable bonds is 6. The van der Waals surface area contributed by atoms with Crippen molar-refractivity contribution in [1.29, 1.82) is 0 Å². The van der Waals surface area contributed by atoms with Crippen LogP contribution < -0.4 is 5.32 Å². The highest BCUT2D eigenvalue weighted by molar-refractivity contribution is 7.22. The Bertz CT molecular complexity index is 1080. The van der Waals surface area contributed by atoms with Gasteiger partial charge in [-0.2, -0.15) is 0 Å². The van der Waals surface area contributed by atoms with Crippen LogP contribution in [-0.4, -0.2) is 28.4 Å². The van der Waals surface area contributed by atoms with Gasteiger partial charge in [-0.05, 0) is 37.1 Å². The van der Waals surface area contributed by atoms with Gasteiger partial charge in [0.2, 0.25) is 0 Å². The smallest absolute Gasteiger partial charge is 0.338 e. The van der Waals surface area contributed by atoms with Crippen LogP contribution in [0.5, 0.6) is 0 Å². The topological polar surface area (TPSA) is 111 Å². The van der Waals surface area contributed by atoms with Crippen LogP contribution in [0.3, 0.4) is 0 Å². The van der Waals surface area contributed by atoms with Crippen LogP contribution in [0.15, 0.2) is 36.4 Å². The molecule has 1 heterocycles. The number of carbonyl (C=O) groups excluding carboxylic acids is 2. The minimum absolute atomic E-state index is 0.0224. The number of carbonyl (C=O) groups is 2. The molecule has 1 N–H and O–H groups in total. The van der Waals surface area contributed by atoms with Crippen molar-refractivity contribution >= 4 is 44.2 Å². The van der Waals surface area contributed by atoms with Gasteiger partial charge in [0, 0.05) is 17.7 Å². The maximum absolute atomic E-state index is 12.6. The van der Waals surface area contributed by atoms with Gasteiger partial charge in [-0.1, -0.05) is 24.3 Å². The molecule has 8 nitrogen and oxygen atoms in total. The molecule has 0 radical (unpaired) electrons. The number of nitro groups is 1. The highest BCUT2D eigenvalue weighted by atomic mass is 32.1. The number of esters is 1. The maximum atomic E-state index is 12.6. The van der Waals surface area contributed by atoms with Crippen LogP contribution in [0.25, 0.3) is 10.2 Å². The quantitative estimate of drug-likeness (QED) is 0.378. The van der Waals surface area contributed by atoms with Crippen molar-refractivity contribution in [2.24, 2.45) is 0 Å². The lowest BCUT2D eigenvalue weighted by atomic mass is 10.1. The van der Waals surface area contributed by atoms with E-state index in [1.807, 2.05) is 25.1 Å². The molecule has 3 rings (SSSR count). The molecule has 1 aromatic heterocycles. The Balaban J connectivity index is 1.91. The van der Waals surface area contributed by atoms with Gasteiger partial charge < -0.3 is 4.74 Å². The third-order valence-electron chi connectivity index (χ3n) is 3.98. The standard InChI is InChI=1S/C19H17N3O5S/c1-3-11-5-6-15-16(7-11)28-19(20-15)21-17(23)12-8-13(18(24)27-4-2)10-14(9-12)22(25)26/h5-10H,3-4H2,1-2H3,(H,20,21,23). The molecule has 0 spiro atoms. The molecule has 0 aliphatic carbocycles. The summed E-state index contributed by atoms with van der Waals surface area (Å²) in [5.74, 6) is -1.32. The lowest BCUT2D eigenvalue weighted by molar-refractivity contribution is -0.384. The van der Waals surface area contributed by atoms with Crippen molar-refractivity contribution < 1.29 is 19.2 Å². The highest BCUT2D eigenvalue weighted by Gasteiger charge is 2.19. The molecule has 0 atom stereocenters. The normalized spacial score (nSPS) is 10.6. The van der Waals surface area contributed by atoms with Crippen LogP contribution in [0.2, 0.25) is 0 Å². The molecule has 144 valence electrons. The summed E-state index contributed by atoms with van der Waals surface area (Å²) in [4.78, 5) is 39.4. The van der Waals surface area contributed by atoms with Crippen molar-refractivity contribution in [3.8, 4) is 0 Å². The maximum Gasteiger partial charge on any atom is 0.338 e. The van der Waals surface area contributed by atoms with Gasteiger partial charge in [0.15, 0.2) is 5.13 Å². The summed E-state index contributed by atoms with van der Waals surface area (Å²) < 4.78 is 5.81. The van der Waals surface area contributed by atoms with Crippen molar-refractivity contribution in [2.75, 3.05) is 11.9 Å². The summed E-state index contributed by atoms with van der Waals surface area (Å²) in [6.07, 6.45) is 0.889. The van der Waals surface area contributed by atoms with Crippen LogP contribution in [0, 0.1) is 10.1 Å². The van der Waals surface area contributed by atoms with Gasteiger partial charge >= 0.3 is 5.97 Å². The van der Waals surface area contributed by atoms with E-state index in [0.717, 1.165) is 34.3 Å². The Kier molecular flexibility index (Phi) is 5.65. The van der Waals surface area contributed by atoms with E-state index in [-0.39, 0.29) is 23.4 Å². The molecule has 3 aromatic rings. The van der Waals surface area contributed by atoms with E-state index in [1.54, 1.807) is 6.92 Å². The second-order valence-corrected chi connectivity index (χ2v) is 6.91. The third kappa shape index (κ3) is 4.15. The molecule has 0 bridgehead atoms. The molecular weight excluding hydrogens is 382 g/mol. The van der Waals surface area contributed by atoms with Gasteiger partial charge in [0.1, 0.15) is 0 Å². The number of thiazole rings is 1. The predicted octanol–water partition coefficient (Wildman–Crippen LogP) is 4.20. The Morgan fingerprint density at radius 3 is 2.61 bits per heavy atom. The second kappa shape index (κ2) is 8.13. The minimum Gasteiger partial charge on any atom is -0.462 e. The molecule has 0 unspecified atom stereocenters. The Morgan fingerprint density at radius 2 is 1.93 bits per heavy atom. The highest BCUT2D eigenvalue weighted by Crippen LogP contribution is 2.28. The van der Waals surface area contributed by atoms with Gasteiger partial charge in [-0.3, -0.25) is 20.2 Å². The number of benzene rings is 2. The van der Waals surface area contributed by atoms with Crippen LogP contribution in [0.1, 0.15) is 40.1 Å². The predicted molar refractivity (Wildman–Crippen MR) is 106 cm³/mol. The Hall–Kier alpha value is -3.33. The van der Waals surface area contributed by atoms with Crippen molar-refractivity contribution in [3.63, 3.8) is 0 Å². The molecule has 0 saturated heterocycles. The molecular formula is C19H17N3O5S. The number of ether oxygens (including phenoxy) is 1. The first-order valence-electron chi connectivity index (χ1n) is 8.58. The van der Waals surface area contributed by atoms with Crippen LogP contribution >= 0.6 is 11.3 Å². The lowest BCUT2D eigenvalue weighted by Crippen LogP contribution is -2.14. The van der Waals surface area contributed by atoms with Crippen molar-refractivity contribution in [2.45, 2.75) is 20.3 Å². The second-order valence-electron chi connectivity index (χ2n) is 5.87. The van der Waals surface area contributed by atoms with E-state index in [9.17, 15) is 19.7 Å². The molecule has 0 fully saturated rings. The number of amides is 1. The number of nitrogens with zero attached hydrogens (tertiary/aromatic N) is 2. The summed E-state index contributed by atoms with van der Waals surface area (Å²) in [5.41, 5.74) is 1.46. The molecule has 28 heavy (non-hydrogen) atoms. The summed E-state index contributed by atoms with van der Waals surface area (Å²) in [6.45, 7) is 3.79. The van der Waals surface area contributed by atoms with Crippen LogP contribution in [-0.2, 0) is 11.2 Å². The van der Waals surface area contributed by atoms with Crippen LogP contribution in [0.4, 0.5) is 10.8 Å². The molecule has 1 amide bonds. The average Bonchev–Trinajstić information content (AvgIpc) is 3.08. The van der Waals surface area contributed by atoms with Gasteiger partial charge in [-0.15, -0.1) is 0 Å². The molecule has 0 aliphatic rings. The fourth-order valence-electron chi connectivity index (χ4n) is 2.59. The summed E-state index contributed by atoms with van der Waals surface area (Å²) >= 11 is 1.31. The zero-order valence-corrected chi connectivity index (χ0v) is 16.0. The fourth-order valence-corrected chi connectivity index (χ4v) is 3.52. The van der Waals surface area contributed by atoms with E-state index in [1.165, 1.54) is 17.4 Å². The number of nitro benzene ring substituents is 1. The van der Waals surface area contributed by atoms with Crippen molar-refractivity contribution in [1.82, 2.24) is 4.98 Å². The SMILES string of the molecule is CCOC(=O)c1cc(C(=O)Nc2nc3ccc(CC)cc3s2)cc([N+](=O)[O-])c1. The largest absolute Gasteiger partial charge is 0.462 e. The number of anilines is 1. The molecule has 9 heteroatoms. The van der Waals surface area contributed by atoms with E-state index >= 15 is 0 Å². The van der Waals surface area contributed by atoms with Gasteiger partial charge in [0.05, 0.1) is 27.3 Å². The zero-order valence-electron chi connectivity index (χ0n) is 15.2. The Morgan fingerprint density at radius 1 is 1.18 bits per heavy atom. The summed E-state index contributed by atoms with van der Waals surface area (Å²) in [5, 5.41) is 14.2. The van der Waals surface area contributed by atoms with E-state index in [0.29, 0.717) is 5.13 Å². The van der Waals surface area contributed by atoms with E-state index in [4.69, 9.17) is 4.74 Å². The van der Waals surface area contributed by atoms with E-state index < -0.39 is 16.8 Å². The number of nitrogens with one attached hydrogen (secondary N) is 1. The first kappa shape index (κ1) is 19.4. The first-order chi connectivity index (χ1) is 13.4. The summed E-state index contributed by atoms with van der Waals surface area (Å²) in [6, 6.07) is 9.32. The zero-order chi connectivity index (χ0) is 20.3. The molecule has 2 aromatic carbocycles. The number of hydrogen-bond donors (Lipinski definition) is 1. The number of non-ortho nitro benzene ring substituents is 1. The van der Waals surface area contributed by atoms with Crippen molar-refractivity contribution in [3.05, 3.63) is 63.2 Å². The fraction of sp³-hybridized carbons (Fsp3) is 0.211. The third-order valence-corrected chi connectivity index (χ3v) is 4.92. The van der Waals surface area contributed by atoms with Gasteiger partial charge in [0.25, 0.3) is 11.6 Å². The average molecular weight is 399 g/mol. The van der Waals surface area contributed by atoms with E-state index in [2.05, 4.69) is 10.3 Å². The molecule has 0 aliphatic heterocycles. The lowest BCUT2D eigenvalue weighted by Gasteiger charge is -2.06. The number of aromatic nitrogens is 1. The summed E-state index contributed by atoms with van der Waals surface area (Å²) in [7, 11) is 0. The Labute approximate surface area is 164 Å². The first-order valence-corrected chi connectivity index (χ1v) is 9.40. The number of hydrogen-bond acceptors (Lipinski definition) is 7. The number of aryl methyl sites for hydroxylation is 1. The number of fused-ring (bicyclic) bond motifs is 1. The van der Waals surface area contributed by atoms with Gasteiger partial charge in [-0.25, -0.2) is 9.78 Å².